The molecule has 2 aliphatic rings. The summed E-state index contributed by atoms with van der Waals surface area (Å²) in [5.74, 6) is 7.12. The third-order valence-corrected chi connectivity index (χ3v) is 7.20. The first kappa shape index (κ1) is 23.3. The lowest BCUT2D eigenvalue weighted by molar-refractivity contribution is 0.133. The number of halogens is 2. The zero-order valence-electron chi connectivity index (χ0n) is 19.3. The number of fused-ring (bicyclic) bond motifs is 1. The molecule has 2 aliphatic carbocycles. The minimum atomic E-state index is -0.758. The van der Waals surface area contributed by atoms with Gasteiger partial charge in [-0.25, -0.2) is 8.78 Å². The molecule has 0 saturated heterocycles. The van der Waals surface area contributed by atoms with Gasteiger partial charge in [-0.2, -0.15) is 0 Å². The molecule has 0 aromatic heterocycles. The Bertz CT molecular complexity index is 1030. The van der Waals surface area contributed by atoms with Crippen LogP contribution in [0.3, 0.4) is 0 Å². The Kier molecular flexibility index (Phi) is 7.65. The summed E-state index contributed by atoms with van der Waals surface area (Å²) >= 11 is 0. The molecule has 0 aliphatic heterocycles. The minimum Gasteiger partial charge on any atom is -0.483 e. The molecule has 33 heavy (non-hydrogen) atoms. The lowest BCUT2D eigenvalue weighted by Gasteiger charge is -2.41. The van der Waals surface area contributed by atoms with E-state index in [1.54, 1.807) is 0 Å². The Morgan fingerprint density at radius 2 is 1.61 bits per heavy atom. The van der Waals surface area contributed by atoms with Crippen molar-refractivity contribution in [2.45, 2.75) is 51.4 Å². The molecule has 4 unspecified atom stereocenters. The second-order valence-corrected chi connectivity index (χ2v) is 9.37. The molecule has 0 bridgehead atoms. The van der Waals surface area contributed by atoms with E-state index >= 15 is 0 Å². The van der Waals surface area contributed by atoms with Crippen LogP contribution >= 0.6 is 0 Å². The monoisotopic (exact) mass is 446 g/mol. The van der Waals surface area contributed by atoms with Crippen molar-refractivity contribution in [1.29, 1.82) is 0 Å². The summed E-state index contributed by atoms with van der Waals surface area (Å²) in [4.78, 5) is 0. The van der Waals surface area contributed by atoms with Gasteiger partial charge in [-0.1, -0.05) is 48.8 Å². The normalized spacial score (nSPS) is 24.6. The maximum Gasteiger partial charge on any atom is 0.191 e. The average Bonchev–Trinajstić information content (AvgIpc) is 2.82. The van der Waals surface area contributed by atoms with Gasteiger partial charge in [0.15, 0.2) is 17.4 Å². The van der Waals surface area contributed by atoms with E-state index in [2.05, 4.69) is 49.6 Å². The highest BCUT2D eigenvalue weighted by Gasteiger charge is 2.35. The quantitative estimate of drug-likeness (QED) is 0.336. The number of allylic oxidation sites excluding steroid dienone is 2. The van der Waals surface area contributed by atoms with Crippen LogP contribution in [0.4, 0.5) is 8.78 Å². The zero-order chi connectivity index (χ0) is 23.2. The van der Waals surface area contributed by atoms with Crippen LogP contribution in [0.25, 0.3) is 0 Å². The van der Waals surface area contributed by atoms with Gasteiger partial charge in [0.2, 0.25) is 0 Å². The molecule has 3 heteroatoms. The minimum absolute atomic E-state index is 0.0460. The second kappa shape index (κ2) is 10.8. The standard InChI is InChI=1S/C30H32F2O/c1-3-5-22-10-13-27-20-26(15-14-25(27)17-22)24-11-8-21(9-12-24)6-7-23-18-28(31)30(29(32)19-23)33-16-4-2/h3-5,8-9,11-12,18-19,22,25-27H,2,10,13-17,20H2,1H3/b5-3+. The van der Waals surface area contributed by atoms with E-state index in [0.717, 1.165) is 23.3 Å². The zero-order valence-corrected chi connectivity index (χ0v) is 19.3. The van der Waals surface area contributed by atoms with Gasteiger partial charge in [-0.15, -0.1) is 0 Å². The fraction of sp³-hybridized carbons (Fsp3) is 0.400. The van der Waals surface area contributed by atoms with E-state index in [1.807, 2.05) is 12.1 Å². The molecule has 2 aromatic rings. The topological polar surface area (TPSA) is 9.23 Å². The molecule has 172 valence electrons. The Hall–Kier alpha value is -2.86. The van der Waals surface area contributed by atoms with Crippen molar-refractivity contribution in [2.24, 2.45) is 17.8 Å². The van der Waals surface area contributed by atoms with Crippen molar-refractivity contribution in [3.05, 3.63) is 89.5 Å². The SMILES string of the molecule is C=CCOc1c(F)cc(C#Cc2ccc(C3CCC4CC(/C=C/C)CCC4C3)cc2)cc1F. The van der Waals surface area contributed by atoms with E-state index < -0.39 is 17.4 Å². The summed E-state index contributed by atoms with van der Waals surface area (Å²) in [6, 6.07) is 10.8. The maximum atomic E-state index is 14.1. The molecule has 1 nitrogen and oxygen atoms in total. The van der Waals surface area contributed by atoms with E-state index in [1.165, 1.54) is 62.3 Å². The number of rotatable bonds is 5. The van der Waals surface area contributed by atoms with Gasteiger partial charge < -0.3 is 4.74 Å². The fourth-order valence-electron chi connectivity index (χ4n) is 5.57. The van der Waals surface area contributed by atoms with Crippen molar-refractivity contribution in [3.63, 3.8) is 0 Å². The molecule has 4 atom stereocenters. The maximum absolute atomic E-state index is 14.1. The molecule has 0 spiro atoms. The summed E-state index contributed by atoms with van der Waals surface area (Å²) < 4.78 is 33.3. The van der Waals surface area contributed by atoms with Crippen LogP contribution in [-0.2, 0) is 0 Å². The molecule has 0 radical (unpaired) electrons. The van der Waals surface area contributed by atoms with Crippen molar-refractivity contribution in [2.75, 3.05) is 6.61 Å². The van der Waals surface area contributed by atoms with Crippen LogP contribution < -0.4 is 4.74 Å². The van der Waals surface area contributed by atoms with Gasteiger partial charge in [0.25, 0.3) is 0 Å². The van der Waals surface area contributed by atoms with Gasteiger partial charge >= 0.3 is 0 Å². The summed E-state index contributed by atoms with van der Waals surface area (Å²) in [7, 11) is 0. The molecule has 4 rings (SSSR count). The van der Waals surface area contributed by atoms with Crippen LogP contribution in [0.1, 0.15) is 68.1 Å². The van der Waals surface area contributed by atoms with Gasteiger partial charge in [0, 0.05) is 11.1 Å². The van der Waals surface area contributed by atoms with Crippen molar-refractivity contribution in [3.8, 4) is 17.6 Å². The Labute approximate surface area is 196 Å². The first-order valence-corrected chi connectivity index (χ1v) is 12.0. The Balaban J connectivity index is 1.39. The van der Waals surface area contributed by atoms with E-state index in [9.17, 15) is 8.78 Å². The number of hydrogen-bond acceptors (Lipinski definition) is 1. The van der Waals surface area contributed by atoms with E-state index in [0.29, 0.717) is 5.92 Å². The van der Waals surface area contributed by atoms with Crippen LogP contribution in [0.2, 0.25) is 0 Å². The molecule has 2 aromatic carbocycles. The number of ether oxygens (including phenoxy) is 1. The van der Waals surface area contributed by atoms with Crippen LogP contribution in [0.15, 0.2) is 61.2 Å². The van der Waals surface area contributed by atoms with Crippen LogP contribution in [0.5, 0.6) is 5.75 Å². The predicted octanol–water partition coefficient (Wildman–Crippen LogP) is 7.81. The Morgan fingerprint density at radius 3 is 2.30 bits per heavy atom. The summed E-state index contributed by atoms with van der Waals surface area (Å²) in [6.45, 7) is 5.66. The number of benzene rings is 2. The first-order chi connectivity index (χ1) is 16.1. The van der Waals surface area contributed by atoms with Crippen LogP contribution in [-0.4, -0.2) is 6.61 Å². The number of hydrogen-bond donors (Lipinski definition) is 0. The van der Waals surface area contributed by atoms with Crippen LogP contribution in [0, 0.1) is 41.2 Å². The highest BCUT2D eigenvalue weighted by molar-refractivity contribution is 5.46. The average molecular weight is 447 g/mol. The molecule has 2 saturated carbocycles. The third kappa shape index (κ3) is 5.74. The van der Waals surface area contributed by atoms with Gasteiger partial charge in [0.05, 0.1) is 0 Å². The van der Waals surface area contributed by atoms with Gasteiger partial charge in [-0.3, -0.25) is 0 Å². The second-order valence-electron chi connectivity index (χ2n) is 9.37. The summed E-state index contributed by atoms with van der Waals surface area (Å²) in [5, 5.41) is 0. The molecular formula is C30H32F2O. The predicted molar refractivity (Wildman–Crippen MR) is 130 cm³/mol. The summed E-state index contributed by atoms with van der Waals surface area (Å²) in [5.41, 5.74) is 2.51. The first-order valence-electron chi connectivity index (χ1n) is 12.0. The highest BCUT2D eigenvalue weighted by atomic mass is 19.1. The molecule has 2 fully saturated rings. The van der Waals surface area contributed by atoms with E-state index in [-0.39, 0.29) is 12.2 Å². The molecule has 0 amide bonds. The molecular weight excluding hydrogens is 414 g/mol. The fourth-order valence-corrected chi connectivity index (χ4v) is 5.57. The third-order valence-electron chi connectivity index (χ3n) is 7.20. The molecule has 0 heterocycles. The van der Waals surface area contributed by atoms with Gasteiger partial charge in [0.1, 0.15) is 6.61 Å². The smallest absolute Gasteiger partial charge is 0.191 e. The van der Waals surface area contributed by atoms with Crippen molar-refractivity contribution < 1.29 is 13.5 Å². The lowest BCUT2D eigenvalue weighted by Crippen LogP contribution is -2.30. The van der Waals surface area contributed by atoms with E-state index in [4.69, 9.17) is 4.74 Å². The largest absolute Gasteiger partial charge is 0.483 e. The van der Waals surface area contributed by atoms with Crippen molar-refractivity contribution in [1.82, 2.24) is 0 Å². The summed E-state index contributed by atoms with van der Waals surface area (Å²) in [6.07, 6.45) is 14.0. The lowest BCUT2D eigenvalue weighted by atomic mass is 9.64. The molecule has 0 N–H and O–H groups in total. The highest BCUT2D eigenvalue weighted by Crippen LogP contribution is 2.47. The Morgan fingerprint density at radius 1 is 0.939 bits per heavy atom. The van der Waals surface area contributed by atoms with Crippen molar-refractivity contribution >= 4 is 0 Å². The van der Waals surface area contributed by atoms with Gasteiger partial charge in [-0.05, 0) is 98.9 Å².